The number of carbonyl (C=O) groups excluding carboxylic acids is 1. The number of nitrogens with zero attached hydrogens (tertiary/aromatic N) is 1. The highest BCUT2D eigenvalue weighted by molar-refractivity contribution is 7.09. The molecule has 0 aliphatic carbocycles. The van der Waals surface area contributed by atoms with Crippen LogP contribution in [0.2, 0.25) is 0 Å². The Labute approximate surface area is 179 Å². The molecule has 0 fully saturated rings. The van der Waals surface area contributed by atoms with E-state index in [9.17, 15) is 9.59 Å². The van der Waals surface area contributed by atoms with Crippen LogP contribution in [0.4, 0.5) is 0 Å². The van der Waals surface area contributed by atoms with E-state index >= 15 is 0 Å². The molecule has 6 nitrogen and oxygen atoms in total. The van der Waals surface area contributed by atoms with Crippen molar-refractivity contribution in [3.8, 4) is 5.75 Å². The second kappa shape index (κ2) is 8.62. The Morgan fingerprint density at radius 3 is 2.90 bits per heavy atom. The predicted molar refractivity (Wildman–Crippen MR) is 116 cm³/mol. The molecule has 0 saturated carbocycles. The lowest BCUT2D eigenvalue weighted by Crippen LogP contribution is -2.32. The van der Waals surface area contributed by atoms with Crippen LogP contribution in [0.1, 0.15) is 41.8 Å². The maximum atomic E-state index is 12.1. The lowest BCUT2D eigenvalue weighted by molar-refractivity contribution is -0.147. The molecule has 7 heteroatoms. The maximum Gasteiger partial charge on any atom is 0.336 e. The van der Waals surface area contributed by atoms with Gasteiger partial charge in [0.05, 0.1) is 11.7 Å². The molecule has 1 aliphatic heterocycles. The molecule has 30 heavy (non-hydrogen) atoms. The average molecular weight is 428 g/mol. The van der Waals surface area contributed by atoms with Crippen molar-refractivity contribution in [2.75, 3.05) is 6.73 Å². The molecular formula is C23H25NO5S. The van der Waals surface area contributed by atoms with Crippen molar-refractivity contribution in [2.45, 2.75) is 52.8 Å². The summed E-state index contributed by atoms with van der Waals surface area (Å²) in [5.41, 5.74) is 2.85. The molecule has 0 amide bonds. The minimum atomic E-state index is -0.370. The van der Waals surface area contributed by atoms with Crippen molar-refractivity contribution >= 4 is 28.3 Å². The van der Waals surface area contributed by atoms with Crippen LogP contribution < -0.4 is 10.4 Å². The Balaban J connectivity index is 1.70. The van der Waals surface area contributed by atoms with E-state index in [1.165, 1.54) is 10.9 Å². The van der Waals surface area contributed by atoms with Crippen LogP contribution in [0.5, 0.6) is 5.75 Å². The van der Waals surface area contributed by atoms with Gasteiger partial charge in [-0.2, -0.15) is 0 Å². The summed E-state index contributed by atoms with van der Waals surface area (Å²) in [5.74, 6) is 0.487. The first-order chi connectivity index (χ1) is 14.4. The summed E-state index contributed by atoms with van der Waals surface area (Å²) in [6.45, 7) is 7.39. The fourth-order valence-electron chi connectivity index (χ4n) is 3.78. The number of aryl methyl sites for hydroxylation is 2. The van der Waals surface area contributed by atoms with Crippen LogP contribution in [0, 0.1) is 6.92 Å². The molecular weight excluding hydrogens is 402 g/mol. The first kappa shape index (κ1) is 20.6. The number of hydrogen-bond donors (Lipinski definition) is 0. The Morgan fingerprint density at radius 1 is 1.33 bits per heavy atom. The van der Waals surface area contributed by atoms with E-state index in [0.717, 1.165) is 34.4 Å². The van der Waals surface area contributed by atoms with Crippen molar-refractivity contribution in [3.63, 3.8) is 0 Å². The smallest absolute Gasteiger partial charge is 0.336 e. The number of fused-ring (bicyclic) bond motifs is 3. The quantitative estimate of drug-likeness (QED) is 0.429. The molecule has 4 rings (SSSR count). The number of carbonyl (C=O) groups is 1. The average Bonchev–Trinajstić information content (AvgIpc) is 3.19. The Kier molecular flexibility index (Phi) is 5.92. The van der Waals surface area contributed by atoms with Crippen LogP contribution in [-0.2, 0) is 29.0 Å². The molecule has 1 aromatic carbocycles. The van der Waals surface area contributed by atoms with Crippen molar-refractivity contribution in [1.29, 1.82) is 0 Å². The van der Waals surface area contributed by atoms with Gasteiger partial charge >= 0.3 is 11.6 Å². The molecule has 3 aromatic rings. The van der Waals surface area contributed by atoms with Gasteiger partial charge in [0.1, 0.15) is 18.1 Å². The molecule has 0 atom stereocenters. The standard InChI is InChI=1S/C23H25NO5S/c1-14(2)28-20(25)7-6-16-10-18-15(3)9-21(26)29-23(18)19-12-24(13-27-22(16)19)11-17-5-4-8-30-17/h4-5,8-10,14H,6-7,11-13H2,1-3H3. The second-order valence-electron chi connectivity index (χ2n) is 7.85. The fourth-order valence-corrected chi connectivity index (χ4v) is 4.52. The van der Waals surface area contributed by atoms with Crippen LogP contribution in [0.15, 0.2) is 38.9 Å². The van der Waals surface area contributed by atoms with E-state index in [0.29, 0.717) is 25.3 Å². The van der Waals surface area contributed by atoms with E-state index in [1.807, 2.05) is 32.9 Å². The Morgan fingerprint density at radius 2 is 2.17 bits per heavy atom. The largest absolute Gasteiger partial charge is 0.477 e. The van der Waals surface area contributed by atoms with Gasteiger partial charge in [-0.25, -0.2) is 4.79 Å². The van der Waals surface area contributed by atoms with Gasteiger partial charge in [0.2, 0.25) is 0 Å². The van der Waals surface area contributed by atoms with Gasteiger partial charge < -0.3 is 13.9 Å². The number of thiophene rings is 1. The predicted octanol–water partition coefficient (Wildman–Crippen LogP) is 4.40. The van der Waals surface area contributed by atoms with Crippen LogP contribution in [0.3, 0.4) is 0 Å². The summed E-state index contributed by atoms with van der Waals surface area (Å²) in [5, 5.41) is 2.93. The molecule has 1 aliphatic rings. The van der Waals surface area contributed by atoms with E-state index in [1.54, 1.807) is 11.3 Å². The fraction of sp³-hybridized carbons (Fsp3) is 0.391. The third-order valence-corrected chi connectivity index (χ3v) is 5.92. The third-order valence-electron chi connectivity index (χ3n) is 5.06. The molecule has 0 unspecified atom stereocenters. The van der Waals surface area contributed by atoms with Gasteiger partial charge in [-0.15, -0.1) is 11.3 Å². The number of esters is 1. The first-order valence-corrected chi connectivity index (χ1v) is 10.9. The van der Waals surface area contributed by atoms with Crippen LogP contribution >= 0.6 is 11.3 Å². The number of benzene rings is 1. The van der Waals surface area contributed by atoms with Gasteiger partial charge in [-0.3, -0.25) is 9.69 Å². The zero-order valence-corrected chi connectivity index (χ0v) is 18.2. The van der Waals surface area contributed by atoms with Crippen molar-refractivity contribution in [3.05, 3.63) is 61.6 Å². The van der Waals surface area contributed by atoms with E-state index in [2.05, 4.69) is 16.3 Å². The molecule has 0 saturated heterocycles. The lowest BCUT2D eigenvalue weighted by Gasteiger charge is -2.30. The lowest BCUT2D eigenvalue weighted by atomic mass is 9.97. The third kappa shape index (κ3) is 4.42. The van der Waals surface area contributed by atoms with Gasteiger partial charge in [0.15, 0.2) is 0 Å². The van der Waals surface area contributed by atoms with Gasteiger partial charge in [0.25, 0.3) is 0 Å². The summed E-state index contributed by atoms with van der Waals surface area (Å²) >= 11 is 1.70. The highest BCUT2D eigenvalue weighted by Gasteiger charge is 2.26. The maximum absolute atomic E-state index is 12.1. The topological polar surface area (TPSA) is 69.0 Å². The van der Waals surface area contributed by atoms with E-state index in [4.69, 9.17) is 13.9 Å². The van der Waals surface area contributed by atoms with Gasteiger partial charge in [-0.1, -0.05) is 6.07 Å². The van der Waals surface area contributed by atoms with Crippen LogP contribution in [-0.4, -0.2) is 23.7 Å². The van der Waals surface area contributed by atoms with E-state index in [-0.39, 0.29) is 24.1 Å². The number of rotatable bonds is 6. The SMILES string of the molecule is Cc1cc(=O)oc2c3c(c(CCC(=O)OC(C)C)cc12)OCN(Cc1cccs1)C3. The first-order valence-electron chi connectivity index (χ1n) is 10.1. The zero-order chi connectivity index (χ0) is 21.3. The summed E-state index contributed by atoms with van der Waals surface area (Å²) in [6, 6.07) is 7.60. The van der Waals surface area contributed by atoms with Crippen molar-refractivity contribution < 1.29 is 18.7 Å². The molecule has 0 bridgehead atoms. The van der Waals surface area contributed by atoms with E-state index < -0.39 is 0 Å². The van der Waals surface area contributed by atoms with Crippen molar-refractivity contribution in [2.24, 2.45) is 0 Å². The van der Waals surface area contributed by atoms with Gasteiger partial charge in [-0.05, 0) is 55.8 Å². The molecule has 0 spiro atoms. The summed E-state index contributed by atoms with van der Waals surface area (Å²) < 4.78 is 17.0. The van der Waals surface area contributed by atoms with Crippen LogP contribution in [0.25, 0.3) is 11.0 Å². The normalized spacial score (nSPS) is 14.0. The molecule has 2 aromatic heterocycles. The molecule has 0 N–H and O–H groups in total. The summed E-state index contributed by atoms with van der Waals surface area (Å²) in [7, 11) is 0. The van der Waals surface area contributed by atoms with Gasteiger partial charge in [0, 0.05) is 35.8 Å². The number of hydrogen-bond acceptors (Lipinski definition) is 7. The molecule has 158 valence electrons. The highest BCUT2D eigenvalue weighted by Crippen LogP contribution is 2.37. The van der Waals surface area contributed by atoms with Crippen molar-refractivity contribution in [1.82, 2.24) is 4.90 Å². The zero-order valence-electron chi connectivity index (χ0n) is 17.4. The monoisotopic (exact) mass is 427 g/mol. The number of ether oxygens (including phenoxy) is 2. The highest BCUT2D eigenvalue weighted by atomic mass is 32.1. The minimum Gasteiger partial charge on any atom is -0.477 e. The Hall–Kier alpha value is -2.64. The molecule has 3 heterocycles. The minimum absolute atomic E-state index is 0.137. The molecule has 0 radical (unpaired) electrons. The summed E-state index contributed by atoms with van der Waals surface area (Å²) in [6.07, 6.45) is 0.642. The summed E-state index contributed by atoms with van der Waals surface area (Å²) in [4.78, 5) is 27.5. The second-order valence-corrected chi connectivity index (χ2v) is 8.88. The Bertz CT molecular complexity index is 1120.